The Balaban J connectivity index is 2.61. The van der Waals surface area contributed by atoms with Crippen LogP contribution in [0, 0.1) is 0 Å². The maximum absolute atomic E-state index is 10.4. The van der Waals surface area contributed by atoms with Gasteiger partial charge in [0.1, 0.15) is 5.75 Å². The molecule has 0 amide bonds. The fourth-order valence-electron chi connectivity index (χ4n) is 2.82. The number of hydrogen-bond donors (Lipinski definition) is 2. The minimum atomic E-state index is 0.0745. The summed E-state index contributed by atoms with van der Waals surface area (Å²) in [6, 6.07) is 7.34. The van der Waals surface area contributed by atoms with Gasteiger partial charge in [-0.3, -0.25) is 0 Å². The number of benzene rings is 2. The normalized spacial score (nSPS) is 10.9. The van der Waals surface area contributed by atoms with E-state index in [4.69, 9.17) is 18.9 Å². The molecule has 0 unspecified atom stereocenters. The molecule has 6 heteroatoms. The topological polar surface area (TPSA) is 77.4 Å². The second-order valence-corrected chi connectivity index (χ2v) is 5.86. The van der Waals surface area contributed by atoms with Crippen molar-refractivity contribution in [1.82, 2.24) is 0 Å². The number of aromatic hydroxyl groups is 2. The molecular weight excluding hydrogens is 336 g/mol. The maximum Gasteiger partial charge on any atom is 0.163 e. The van der Waals surface area contributed by atoms with Crippen molar-refractivity contribution in [3.63, 3.8) is 0 Å². The Hall–Kier alpha value is -2.28. The molecule has 0 aromatic heterocycles. The van der Waals surface area contributed by atoms with E-state index in [1.807, 2.05) is 25.1 Å². The number of phenolic OH excluding ortho intramolecular Hbond substituents is 2. The second-order valence-electron chi connectivity index (χ2n) is 5.86. The molecule has 2 N–H and O–H groups in total. The van der Waals surface area contributed by atoms with Gasteiger partial charge in [0.05, 0.1) is 26.4 Å². The van der Waals surface area contributed by atoms with Gasteiger partial charge in [-0.2, -0.15) is 0 Å². The highest BCUT2D eigenvalue weighted by Gasteiger charge is 2.16. The summed E-state index contributed by atoms with van der Waals surface area (Å²) in [6.45, 7) is 3.10. The first-order valence-corrected chi connectivity index (χ1v) is 8.36. The summed E-state index contributed by atoms with van der Waals surface area (Å²) < 4.78 is 21.1. The molecule has 0 bridgehead atoms. The Morgan fingerprint density at radius 3 is 1.54 bits per heavy atom. The fourth-order valence-corrected chi connectivity index (χ4v) is 2.82. The van der Waals surface area contributed by atoms with E-state index < -0.39 is 0 Å². The van der Waals surface area contributed by atoms with Crippen LogP contribution in [0.25, 0.3) is 11.1 Å². The standard InChI is InChI=1S/C20H26O6/c1-5-26-18-9-14(8-17(12-25-4)20(18)22)13-6-15(10-23-2)19(21)16(7-13)11-24-3/h6-9,21-22H,5,10-12H2,1-4H3. The van der Waals surface area contributed by atoms with E-state index in [0.29, 0.717) is 29.0 Å². The van der Waals surface area contributed by atoms with Crippen molar-refractivity contribution >= 4 is 0 Å². The lowest BCUT2D eigenvalue weighted by molar-refractivity contribution is 0.174. The molecule has 0 aliphatic rings. The molecule has 0 aliphatic carbocycles. The van der Waals surface area contributed by atoms with Gasteiger partial charge in [-0.15, -0.1) is 0 Å². The van der Waals surface area contributed by atoms with E-state index in [2.05, 4.69) is 0 Å². The largest absolute Gasteiger partial charge is 0.507 e. The minimum Gasteiger partial charge on any atom is -0.507 e. The molecule has 2 rings (SSSR count). The van der Waals surface area contributed by atoms with Crippen LogP contribution in [0.15, 0.2) is 24.3 Å². The highest BCUT2D eigenvalue weighted by Crippen LogP contribution is 2.38. The number of ether oxygens (including phenoxy) is 4. The lowest BCUT2D eigenvalue weighted by Crippen LogP contribution is -1.99. The summed E-state index contributed by atoms with van der Waals surface area (Å²) in [5, 5.41) is 20.8. The predicted octanol–water partition coefficient (Wildman–Crippen LogP) is 3.60. The van der Waals surface area contributed by atoms with Crippen molar-refractivity contribution in [3.05, 3.63) is 41.0 Å². The highest BCUT2D eigenvalue weighted by molar-refractivity contribution is 5.71. The summed E-state index contributed by atoms with van der Waals surface area (Å²) in [5.74, 6) is 0.635. The van der Waals surface area contributed by atoms with E-state index >= 15 is 0 Å². The quantitative estimate of drug-likeness (QED) is 0.710. The minimum absolute atomic E-state index is 0.0745. The summed E-state index contributed by atoms with van der Waals surface area (Å²) in [7, 11) is 4.72. The van der Waals surface area contributed by atoms with Gasteiger partial charge in [0.15, 0.2) is 11.5 Å². The highest BCUT2D eigenvalue weighted by atomic mass is 16.5. The summed E-state index contributed by atoms with van der Waals surface area (Å²) >= 11 is 0. The molecule has 26 heavy (non-hydrogen) atoms. The Bertz CT molecular complexity index is 624. The molecule has 0 atom stereocenters. The van der Waals surface area contributed by atoms with Crippen LogP contribution in [-0.4, -0.2) is 38.1 Å². The Morgan fingerprint density at radius 1 is 0.692 bits per heavy atom. The van der Waals surface area contributed by atoms with Crippen molar-refractivity contribution in [3.8, 4) is 28.4 Å². The number of phenols is 2. The first kappa shape index (κ1) is 20.0. The molecule has 0 radical (unpaired) electrons. The van der Waals surface area contributed by atoms with Crippen LogP contribution in [0.5, 0.6) is 17.2 Å². The molecule has 2 aromatic rings. The van der Waals surface area contributed by atoms with Crippen molar-refractivity contribution in [2.24, 2.45) is 0 Å². The van der Waals surface area contributed by atoms with E-state index in [1.165, 1.54) is 0 Å². The summed E-state index contributed by atoms with van der Waals surface area (Å²) in [6.07, 6.45) is 0. The molecular formula is C20H26O6. The van der Waals surface area contributed by atoms with Crippen LogP contribution in [0.2, 0.25) is 0 Å². The van der Waals surface area contributed by atoms with Crippen molar-refractivity contribution in [2.45, 2.75) is 26.7 Å². The van der Waals surface area contributed by atoms with Crippen molar-refractivity contribution in [2.75, 3.05) is 27.9 Å². The average Bonchev–Trinajstić information content (AvgIpc) is 2.62. The third-order valence-corrected chi connectivity index (χ3v) is 3.95. The number of methoxy groups -OCH3 is 3. The van der Waals surface area contributed by atoms with E-state index in [0.717, 1.165) is 11.1 Å². The van der Waals surface area contributed by atoms with Gasteiger partial charge >= 0.3 is 0 Å². The van der Waals surface area contributed by atoms with Gasteiger partial charge in [0.25, 0.3) is 0 Å². The van der Waals surface area contributed by atoms with Gasteiger partial charge in [0, 0.05) is 38.0 Å². The number of hydrogen-bond acceptors (Lipinski definition) is 6. The lowest BCUT2D eigenvalue weighted by atomic mass is 9.97. The van der Waals surface area contributed by atoms with Gasteiger partial charge < -0.3 is 29.2 Å². The molecule has 142 valence electrons. The molecule has 0 aliphatic heterocycles. The summed E-state index contributed by atoms with van der Waals surface area (Å²) in [4.78, 5) is 0. The van der Waals surface area contributed by atoms with E-state index in [9.17, 15) is 10.2 Å². The molecule has 0 heterocycles. The van der Waals surface area contributed by atoms with Crippen LogP contribution < -0.4 is 4.74 Å². The second kappa shape index (κ2) is 9.43. The van der Waals surface area contributed by atoms with Crippen LogP contribution in [0.1, 0.15) is 23.6 Å². The zero-order valence-electron chi connectivity index (χ0n) is 15.7. The zero-order valence-corrected chi connectivity index (χ0v) is 15.7. The predicted molar refractivity (Wildman–Crippen MR) is 98.5 cm³/mol. The third-order valence-electron chi connectivity index (χ3n) is 3.95. The van der Waals surface area contributed by atoms with Crippen molar-refractivity contribution in [1.29, 1.82) is 0 Å². The fraction of sp³-hybridized carbons (Fsp3) is 0.400. The van der Waals surface area contributed by atoms with Crippen LogP contribution >= 0.6 is 0 Å². The van der Waals surface area contributed by atoms with Crippen molar-refractivity contribution < 1.29 is 29.2 Å². The van der Waals surface area contributed by atoms with Crippen LogP contribution in [0.3, 0.4) is 0 Å². The van der Waals surface area contributed by atoms with Gasteiger partial charge in [-0.05, 0) is 42.3 Å². The van der Waals surface area contributed by atoms with E-state index in [-0.39, 0.29) is 31.3 Å². The Kier molecular flexibility index (Phi) is 7.26. The zero-order chi connectivity index (χ0) is 19.1. The smallest absolute Gasteiger partial charge is 0.163 e. The lowest BCUT2D eigenvalue weighted by Gasteiger charge is -2.16. The Morgan fingerprint density at radius 2 is 1.12 bits per heavy atom. The molecule has 6 nitrogen and oxygen atoms in total. The van der Waals surface area contributed by atoms with Crippen LogP contribution in [0.4, 0.5) is 0 Å². The van der Waals surface area contributed by atoms with Gasteiger partial charge in [-0.25, -0.2) is 0 Å². The molecule has 0 saturated carbocycles. The summed E-state index contributed by atoms with van der Waals surface area (Å²) in [5.41, 5.74) is 3.66. The average molecular weight is 362 g/mol. The molecule has 0 spiro atoms. The molecule has 0 saturated heterocycles. The Labute approximate surface area is 153 Å². The SMILES string of the molecule is CCOc1cc(-c2cc(COC)c(O)c(COC)c2)cc(COC)c1O. The van der Waals surface area contributed by atoms with Crippen LogP contribution in [-0.2, 0) is 34.0 Å². The van der Waals surface area contributed by atoms with Gasteiger partial charge in [0.2, 0.25) is 0 Å². The monoisotopic (exact) mass is 362 g/mol. The van der Waals surface area contributed by atoms with E-state index in [1.54, 1.807) is 27.4 Å². The maximum atomic E-state index is 10.4. The van der Waals surface area contributed by atoms with Gasteiger partial charge in [-0.1, -0.05) is 0 Å². The molecule has 2 aromatic carbocycles. The third kappa shape index (κ3) is 4.46. The first-order valence-electron chi connectivity index (χ1n) is 8.36. The number of rotatable bonds is 9. The molecule has 0 fully saturated rings. The first-order chi connectivity index (χ1) is 12.5.